The minimum absolute atomic E-state index is 0. The molecule has 2 rings (SSSR count). The zero-order chi connectivity index (χ0) is 9.64. The first-order valence-corrected chi connectivity index (χ1v) is 5.30. The highest BCUT2D eigenvalue weighted by molar-refractivity contribution is 5.85. The molecule has 1 aromatic heterocycles. The fraction of sp³-hybridized carbons (Fsp3) is 0.545. The van der Waals surface area contributed by atoms with Crippen LogP contribution in [0.15, 0.2) is 24.5 Å². The lowest BCUT2D eigenvalue weighted by Gasteiger charge is -2.23. The molecule has 1 saturated heterocycles. The van der Waals surface area contributed by atoms with E-state index in [2.05, 4.69) is 15.6 Å². The second-order valence-corrected chi connectivity index (χ2v) is 3.81. The third kappa shape index (κ3) is 5.01. The first-order chi connectivity index (χ1) is 6.95. The Bertz CT molecular complexity index is 263. The smallest absolute Gasteiger partial charge is 0.0371 e. The predicted octanol–water partition coefficient (Wildman–Crippen LogP) is 2.34. The molecule has 0 bridgehead atoms. The highest BCUT2D eigenvalue weighted by atomic mass is 35.5. The van der Waals surface area contributed by atoms with Gasteiger partial charge in [-0.15, -0.1) is 24.8 Å². The van der Waals surface area contributed by atoms with Crippen molar-refractivity contribution in [3.05, 3.63) is 24.5 Å². The molecule has 0 aromatic carbocycles. The molecule has 0 saturated carbocycles. The molecule has 0 unspecified atom stereocenters. The first-order valence-electron chi connectivity index (χ1n) is 5.30. The molecule has 0 spiro atoms. The molecule has 92 valence electrons. The van der Waals surface area contributed by atoms with E-state index in [0.29, 0.717) is 0 Å². The summed E-state index contributed by atoms with van der Waals surface area (Å²) in [5.74, 6) is 0.824. The van der Waals surface area contributed by atoms with Gasteiger partial charge in [0.15, 0.2) is 0 Å². The Labute approximate surface area is 109 Å². The second-order valence-electron chi connectivity index (χ2n) is 3.81. The van der Waals surface area contributed by atoms with Gasteiger partial charge < -0.3 is 10.6 Å². The van der Waals surface area contributed by atoms with Crippen molar-refractivity contribution in [3.8, 4) is 0 Å². The van der Waals surface area contributed by atoms with Crippen LogP contribution < -0.4 is 10.6 Å². The number of pyridine rings is 1. The lowest BCUT2D eigenvalue weighted by molar-refractivity contribution is 0.390. The molecule has 0 atom stereocenters. The molecular formula is C11H19Cl2N3. The van der Waals surface area contributed by atoms with Gasteiger partial charge in [-0.05, 0) is 44.0 Å². The Morgan fingerprint density at radius 2 is 1.81 bits per heavy atom. The van der Waals surface area contributed by atoms with Crippen LogP contribution in [0.5, 0.6) is 0 Å². The average molecular weight is 264 g/mol. The third-order valence-electron chi connectivity index (χ3n) is 2.73. The summed E-state index contributed by atoms with van der Waals surface area (Å²) in [4.78, 5) is 3.99. The van der Waals surface area contributed by atoms with Crippen molar-refractivity contribution < 1.29 is 0 Å². The van der Waals surface area contributed by atoms with Crippen molar-refractivity contribution in [1.82, 2.24) is 10.3 Å². The lowest BCUT2D eigenvalue weighted by Crippen LogP contribution is -2.31. The molecule has 0 aliphatic carbocycles. The zero-order valence-electron chi connectivity index (χ0n) is 9.19. The summed E-state index contributed by atoms with van der Waals surface area (Å²) in [5, 5.41) is 6.82. The molecule has 1 aliphatic rings. The fourth-order valence-electron chi connectivity index (χ4n) is 1.82. The zero-order valence-corrected chi connectivity index (χ0v) is 10.8. The van der Waals surface area contributed by atoms with Gasteiger partial charge in [-0.2, -0.15) is 0 Å². The summed E-state index contributed by atoms with van der Waals surface area (Å²) in [7, 11) is 0. The standard InChI is InChI=1S/C11H17N3.2ClH/c1-5-12-6-2-10(1)9-14-11-3-7-13-8-4-11;;/h3-4,7-8,10,12H,1-2,5-6,9H2,(H,13,14);2*1H. The van der Waals surface area contributed by atoms with Crippen LogP contribution in [0.4, 0.5) is 5.69 Å². The minimum atomic E-state index is 0. The topological polar surface area (TPSA) is 37.0 Å². The number of nitrogens with zero attached hydrogens (tertiary/aromatic N) is 1. The van der Waals surface area contributed by atoms with Crippen LogP contribution in [-0.2, 0) is 0 Å². The SMILES string of the molecule is Cl.Cl.c1cc(NCC2CCNCC2)ccn1. The molecule has 5 heteroatoms. The van der Waals surface area contributed by atoms with Crippen LogP contribution >= 0.6 is 24.8 Å². The van der Waals surface area contributed by atoms with Gasteiger partial charge >= 0.3 is 0 Å². The number of aromatic nitrogens is 1. The summed E-state index contributed by atoms with van der Waals surface area (Å²) in [5.41, 5.74) is 1.18. The highest BCUT2D eigenvalue weighted by Gasteiger charge is 2.11. The third-order valence-corrected chi connectivity index (χ3v) is 2.73. The van der Waals surface area contributed by atoms with E-state index in [0.717, 1.165) is 12.5 Å². The Morgan fingerprint density at radius 3 is 2.44 bits per heavy atom. The maximum absolute atomic E-state index is 3.99. The minimum Gasteiger partial charge on any atom is -0.385 e. The largest absolute Gasteiger partial charge is 0.385 e. The van der Waals surface area contributed by atoms with Crippen LogP contribution in [0.3, 0.4) is 0 Å². The fourth-order valence-corrected chi connectivity index (χ4v) is 1.82. The van der Waals surface area contributed by atoms with E-state index in [1.165, 1.54) is 31.6 Å². The van der Waals surface area contributed by atoms with E-state index in [1.807, 2.05) is 24.5 Å². The Balaban J connectivity index is 0.00000112. The summed E-state index contributed by atoms with van der Waals surface area (Å²) < 4.78 is 0. The molecule has 2 heterocycles. The molecule has 0 amide bonds. The first kappa shape index (κ1) is 15.5. The van der Waals surface area contributed by atoms with Crippen molar-refractivity contribution in [3.63, 3.8) is 0 Å². The monoisotopic (exact) mass is 263 g/mol. The van der Waals surface area contributed by atoms with Crippen molar-refractivity contribution in [1.29, 1.82) is 0 Å². The summed E-state index contributed by atoms with van der Waals surface area (Å²) >= 11 is 0. The molecule has 1 aromatic rings. The Morgan fingerprint density at radius 1 is 1.19 bits per heavy atom. The number of rotatable bonds is 3. The Hall–Kier alpha value is -0.510. The lowest BCUT2D eigenvalue weighted by atomic mass is 9.98. The van der Waals surface area contributed by atoms with Crippen LogP contribution in [0.25, 0.3) is 0 Å². The maximum atomic E-state index is 3.99. The van der Waals surface area contributed by atoms with Gasteiger partial charge in [0.25, 0.3) is 0 Å². The van der Waals surface area contributed by atoms with Crippen molar-refractivity contribution in [2.75, 3.05) is 25.0 Å². The maximum Gasteiger partial charge on any atom is 0.0371 e. The van der Waals surface area contributed by atoms with Gasteiger partial charge in [0.05, 0.1) is 0 Å². The van der Waals surface area contributed by atoms with E-state index in [9.17, 15) is 0 Å². The number of hydrogen-bond donors (Lipinski definition) is 2. The van der Waals surface area contributed by atoms with E-state index >= 15 is 0 Å². The van der Waals surface area contributed by atoms with Crippen molar-refractivity contribution >= 4 is 30.5 Å². The molecular weight excluding hydrogens is 245 g/mol. The Kier molecular flexibility index (Phi) is 8.35. The highest BCUT2D eigenvalue weighted by Crippen LogP contribution is 2.13. The molecule has 1 fully saturated rings. The number of halogens is 2. The number of hydrogen-bond acceptors (Lipinski definition) is 3. The van der Waals surface area contributed by atoms with Crippen LogP contribution in [0.2, 0.25) is 0 Å². The summed E-state index contributed by atoms with van der Waals surface area (Å²) in [6, 6.07) is 4.03. The molecule has 3 nitrogen and oxygen atoms in total. The van der Waals surface area contributed by atoms with Crippen molar-refractivity contribution in [2.45, 2.75) is 12.8 Å². The summed E-state index contributed by atoms with van der Waals surface area (Å²) in [6.45, 7) is 3.43. The van der Waals surface area contributed by atoms with Gasteiger partial charge in [-0.25, -0.2) is 0 Å². The summed E-state index contributed by atoms with van der Waals surface area (Å²) in [6.07, 6.45) is 6.23. The van der Waals surface area contributed by atoms with E-state index < -0.39 is 0 Å². The molecule has 2 N–H and O–H groups in total. The molecule has 0 radical (unpaired) electrons. The quantitative estimate of drug-likeness (QED) is 0.879. The van der Waals surface area contributed by atoms with Gasteiger partial charge in [0.1, 0.15) is 0 Å². The second kappa shape index (κ2) is 8.62. The normalized spacial score (nSPS) is 15.8. The van der Waals surface area contributed by atoms with E-state index in [4.69, 9.17) is 0 Å². The number of piperidine rings is 1. The average Bonchev–Trinajstić information content (AvgIpc) is 2.29. The van der Waals surface area contributed by atoms with Crippen LogP contribution in [0.1, 0.15) is 12.8 Å². The van der Waals surface area contributed by atoms with Crippen molar-refractivity contribution in [2.24, 2.45) is 5.92 Å². The van der Waals surface area contributed by atoms with Crippen LogP contribution in [-0.4, -0.2) is 24.6 Å². The van der Waals surface area contributed by atoms with Gasteiger partial charge in [0, 0.05) is 24.6 Å². The molecule has 16 heavy (non-hydrogen) atoms. The molecule has 1 aliphatic heterocycles. The van der Waals surface area contributed by atoms with Gasteiger partial charge in [0.2, 0.25) is 0 Å². The number of nitrogens with one attached hydrogen (secondary N) is 2. The van der Waals surface area contributed by atoms with Gasteiger partial charge in [-0.1, -0.05) is 0 Å². The van der Waals surface area contributed by atoms with E-state index in [-0.39, 0.29) is 24.8 Å². The van der Waals surface area contributed by atoms with E-state index in [1.54, 1.807) is 0 Å². The number of anilines is 1. The predicted molar refractivity (Wildman–Crippen MR) is 72.8 cm³/mol. The van der Waals surface area contributed by atoms with Gasteiger partial charge in [-0.3, -0.25) is 4.98 Å². The van der Waals surface area contributed by atoms with Crippen LogP contribution in [0, 0.1) is 5.92 Å².